The Morgan fingerprint density at radius 3 is 2.47 bits per heavy atom. The molecule has 2 aromatic rings. The summed E-state index contributed by atoms with van der Waals surface area (Å²) in [5.41, 5.74) is 0.571. The molecule has 17 heavy (non-hydrogen) atoms. The molecule has 0 spiro atoms. The molecule has 2 nitrogen and oxygen atoms in total. The smallest absolute Gasteiger partial charge is 0.126 e. The second kappa shape index (κ2) is 5.10. The van der Waals surface area contributed by atoms with E-state index in [1.807, 2.05) is 6.07 Å². The van der Waals surface area contributed by atoms with Gasteiger partial charge >= 0.3 is 0 Å². The lowest BCUT2D eigenvalue weighted by atomic mass is 10.0. The van der Waals surface area contributed by atoms with Crippen molar-refractivity contribution in [3.63, 3.8) is 0 Å². The van der Waals surface area contributed by atoms with E-state index in [9.17, 15) is 8.78 Å². The molecule has 0 saturated carbocycles. The van der Waals surface area contributed by atoms with Crippen LogP contribution < -0.4 is 5.32 Å². The molecule has 1 atom stereocenters. The van der Waals surface area contributed by atoms with Gasteiger partial charge in [-0.2, -0.15) is 0 Å². The average molecular weight is 237 g/mol. The summed E-state index contributed by atoms with van der Waals surface area (Å²) in [7, 11) is 1.75. The van der Waals surface area contributed by atoms with Crippen LogP contribution in [0.15, 0.2) is 41.0 Å². The van der Waals surface area contributed by atoms with Gasteiger partial charge in [-0.25, -0.2) is 8.78 Å². The SMILES string of the molecule is CNC(Cc1ccco1)c1cc(F)cc(F)c1. The predicted octanol–water partition coefficient (Wildman–Crippen LogP) is 3.06. The Bertz CT molecular complexity index is 462. The highest BCUT2D eigenvalue weighted by molar-refractivity contribution is 5.22. The second-order valence-corrected chi connectivity index (χ2v) is 3.83. The lowest BCUT2D eigenvalue weighted by Crippen LogP contribution is -2.19. The standard InChI is InChI=1S/C13H13F2NO/c1-16-13(8-12-3-2-4-17-12)9-5-10(14)7-11(15)6-9/h2-7,13,16H,8H2,1H3. The van der Waals surface area contributed by atoms with Gasteiger partial charge in [0, 0.05) is 18.5 Å². The van der Waals surface area contributed by atoms with Crippen LogP contribution in [0.5, 0.6) is 0 Å². The lowest BCUT2D eigenvalue weighted by molar-refractivity contribution is 0.463. The first kappa shape index (κ1) is 11.8. The quantitative estimate of drug-likeness (QED) is 0.884. The molecule has 1 heterocycles. The Hall–Kier alpha value is -1.68. The van der Waals surface area contributed by atoms with Crippen molar-refractivity contribution in [1.29, 1.82) is 0 Å². The third kappa shape index (κ3) is 2.91. The highest BCUT2D eigenvalue weighted by atomic mass is 19.1. The Balaban J connectivity index is 2.22. The fourth-order valence-electron chi connectivity index (χ4n) is 1.79. The van der Waals surface area contributed by atoms with Gasteiger partial charge in [0.25, 0.3) is 0 Å². The fourth-order valence-corrected chi connectivity index (χ4v) is 1.79. The van der Waals surface area contributed by atoms with Gasteiger partial charge in [0.1, 0.15) is 17.4 Å². The van der Waals surface area contributed by atoms with E-state index in [1.165, 1.54) is 12.1 Å². The van der Waals surface area contributed by atoms with Crippen LogP contribution in [0.4, 0.5) is 8.78 Å². The number of likely N-dealkylation sites (N-methyl/N-ethyl adjacent to an activating group) is 1. The third-order valence-electron chi connectivity index (χ3n) is 2.62. The zero-order valence-corrected chi connectivity index (χ0v) is 9.41. The first-order valence-corrected chi connectivity index (χ1v) is 5.34. The molecule has 0 aliphatic carbocycles. The van der Waals surface area contributed by atoms with Crippen LogP contribution in [0, 0.1) is 11.6 Å². The van der Waals surface area contributed by atoms with Crippen molar-refractivity contribution >= 4 is 0 Å². The number of rotatable bonds is 4. The third-order valence-corrected chi connectivity index (χ3v) is 2.62. The van der Waals surface area contributed by atoms with Crippen LogP contribution in [0.25, 0.3) is 0 Å². The number of nitrogens with one attached hydrogen (secondary N) is 1. The molecule has 4 heteroatoms. The highest BCUT2D eigenvalue weighted by Gasteiger charge is 2.13. The number of furan rings is 1. The van der Waals surface area contributed by atoms with E-state index in [0.29, 0.717) is 12.0 Å². The number of halogens is 2. The van der Waals surface area contributed by atoms with Crippen LogP contribution in [0.3, 0.4) is 0 Å². The zero-order valence-electron chi connectivity index (χ0n) is 9.41. The summed E-state index contributed by atoms with van der Waals surface area (Å²) in [6.45, 7) is 0. The summed E-state index contributed by atoms with van der Waals surface area (Å²) in [5, 5.41) is 3.02. The number of hydrogen-bond acceptors (Lipinski definition) is 2. The summed E-state index contributed by atoms with van der Waals surface area (Å²) in [4.78, 5) is 0. The van der Waals surface area contributed by atoms with Gasteiger partial charge in [0.2, 0.25) is 0 Å². The van der Waals surface area contributed by atoms with Gasteiger partial charge < -0.3 is 9.73 Å². The maximum atomic E-state index is 13.1. The molecule has 0 fully saturated rings. The summed E-state index contributed by atoms with van der Waals surface area (Å²) < 4.78 is 31.4. The van der Waals surface area contributed by atoms with Gasteiger partial charge in [0.15, 0.2) is 0 Å². The van der Waals surface area contributed by atoms with Gasteiger partial charge in [-0.3, -0.25) is 0 Å². The molecule has 0 aliphatic heterocycles. The van der Waals surface area contributed by atoms with Crippen molar-refractivity contribution < 1.29 is 13.2 Å². The molecule has 1 aromatic heterocycles. The lowest BCUT2D eigenvalue weighted by Gasteiger charge is -2.15. The molecule has 0 bridgehead atoms. The Kier molecular flexibility index (Phi) is 3.54. The van der Waals surface area contributed by atoms with E-state index >= 15 is 0 Å². The number of benzene rings is 1. The minimum absolute atomic E-state index is 0.175. The molecular weight excluding hydrogens is 224 g/mol. The van der Waals surface area contributed by atoms with Crippen LogP contribution in [-0.2, 0) is 6.42 Å². The van der Waals surface area contributed by atoms with Gasteiger partial charge in [-0.15, -0.1) is 0 Å². The van der Waals surface area contributed by atoms with Gasteiger partial charge in [-0.1, -0.05) is 0 Å². The van der Waals surface area contributed by atoms with E-state index in [2.05, 4.69) is 5.32 Å². The molecule has 1 N–H and O–H groups in total. The maximum absolute atomic E-state index is 13.1. The average Bonchev–Trinajstić information content (AvgIpc) is 2.77. The first-order chi connectivity index (χ1) is 8.19. The molecule has 2 rings (SSSR count). The summed E-state index contributed by atoms with van der Waals surface area (Å²) in [6.07, 6.45) is 2.13. The highest BCUT2D eigenvalue weighted by Crippen LogP contribution is 2.20. The molecule has 0 saturated heterocycles. The van der Waals surface area contributed by atoms with E-state index in [4.69, 9.17) is 4.42 Å². The van der Waals surface area contributed by atoms with E-state index in [1.54, 1.807) is 19.4 Å². The molecule has 1 aromatic carbocycles. The minimum atomic E-state index is -0.570. The molecule has 1 unspecified atom stereocenters. The normalized spacial score (nSPS) is 12.6. The summed E-state index contributed by atoms with van der Waals surface area (Å²) in [5.74, 6) is -0.367. The van der Waals surface area contributed by atoms with Gasteiger partial charge in [0.05, 0.1) is 6.26 Å². The van der Waals surface area contributed by atoms with E-state index in [0.717, 1.165) is 11.8 Å². The molecule has 90 valence electrons. The predicted molar refractivity (Wildman–Crippen MR) is 60.6 cm³/mol. The van der Waals surface area contributed by atoms with Crippen molar-refractivity contribution in [2.75, 3.05) is 7.05 Å². The van der Waals surface area contributed by atoms with E-state index in [-0.39, 0.29) is 6.04 Å². The largest absolute Gasteiger partial charge is 0.469 e. The Labute approximate surface area is 98.3 Å². The maximum Gasteiger partial charge on any atom is 0.126 e. The van der Waals surface area contributed by atoms with Crippen molar-refractivity contribution in [3.8, 4) is 0 Å². The van der Waals surface area contributed by atoms with Crippen molar-refractivity contribution in [2.45, 2.75) is 12.5 Å². The van der Waals surface area contributed by atoms with Crippen molar-refractivity contribution in [3.05, 3.63) is 59.6 Å². The molecular formula is C13H13F2NO. The Morgan fingerprint density at radius 1 is 1.24 bits per heavy atom. The van der Waals surface area contributed by atoms with E-state index < -0.39 is 11.6 Å². The summed E-state index contributed by atoms with van der Waals surface area (Å²) >= 11 is 0. The minimum Gasteiger partial charge on any atom is -0.469 e. The van der Waals surface area contributed by atoms with Crippen LogP contribution in [0.2, 0.25) is 0 Å². The Morgan fingerprint density at radius 2 is 1.94 bits per heavy atom. The monoisotopic (exact) mass is 237 g/mol. The topological polar surface area (TPSA) is 25.2 Å². The van der Waals surface area contributed by atoms with Crippen molar-refractivity contribution in [1.82, 2.24) is 5.32 Å². The van der Waals surface area contributed by atoms with Gasteiger partial charge in [-0.05, 0) is 36.9 Å². The molecule has 0 amide bonds. The van der Waals surface area contributed by atoms with Crippen LogP contribution >= 0.6 is 0 Å². The molecule has 0 radical (unpaired) electrons. The van der Waals surface area contributed by atoms with Crippen molar-refractivity contribution in [2.24, 2.45) is 0 Å². The van der Waals surface area contributed by atoms with Crippen LogP contribution in [-0.4, -0.2) is 7.05 Å². The zero-order chi connectivity index (χ0) is 12.3. The van der Waals surface area contributed by atoms with Crippen LogP contribution in [0.1, 0.15) is 17.4 Å². The molecule has 0 aliphatic rings. The number of hydrogen-bond donors (Lipinski definition) is 1. The fraction of sp³-hybridized carbons (Fsp3) is 0.231. The first-order valence-electron chi connectivity index (χ1n) is 5.34. The second-order valence-electron chi connectivity index (χ2n) is 3.83. The summed E-state index contributed by atoms with van der Waals surface area (Å²) in [6, 6.07) is 6.96.